The van der Waals surface area contributed by atoms with Crippen LogP contribution in [-0.4, -0.2) is 29.7 Å². The van der Waals surface area contributed by atoms with Crippen molar-refractivity contribution in [1.29, 1.82) is 0 Å². The molecule has 0 radical (unpaired) electrons. The Morgan fingerprint density at radius 3 is 2.52 bits per heavy atom. The van der Waals surface area contributed by atoms with E-state index in [1.54, 1.807) is 0 Å². The lowest BCUT2D eigenvalue weighted by Crippen LogP contribution is -2.46. The van der Waals surface area contributed by atoms with Crippen LogP contribution in [0.25, 0.3) is 0 Å². The number of aliphatic carboxylic acids is 1. The molecule has 5 nitrogen and oxygen atoms in total. The van der Waals surface area contributed by atoms with Crippen LogP contribution in [-0.2, 0) is 11.2 Å². The maximum Gasteiger partial charge on any atom is 0.326 e. The van der Waals surface area contributed by atoms with E-state index in [9.17, 15) is 9.59 Å². The van der Waals surface area contributed by atoms with E-state index in [1.165, 1.54) is 0 Å². The first kappa shape index (κ1) is 17.0. The smallest absolute Gasteiger partial charge is 0.326 e. The van der Waals surface area contributed by atoms with Gasteiger partial charge in [-0.1, -0.05) is 50.1 Å². The maximum atomic E-state index is 11.6. The number of amides is 2. The summed E-state index contributed by atoms with van der Waals surface area (Å²) in [7, 11) is 0. The predicted octanol–water partition coefficient (Wildman–Crippen LogP) is 2.56. The standard InChI is InChI=1S/C16H24N2O3/c1-2-3-7-12-17-16(21)18-14(15(19)20)11-10-13-8-5-4-6-9-13/h4-6,8-9,14H,2-3,7,10-12H2,1H3,(H,19,20)(H2,17,18,21). The number of carboxylic acid groups (broad SMARTS) is 1. The van der Waals surface area contributed by atoms with E-state index in [-0.39, 0.29) is 0 Å². The molecule has 1 rings (SSSR count). The van der Waals surface area contributed by atoms with Gasteiger partial charge in [-0.3, -0.25) is 0 Å². The molecule has 2 amide bonds. The fourth-order valence-electron chi connectivity index (χ4n) is 2.00. The summed E-state index contributed by atoms with van der Waals surface area (Å²) in [5.41, 5.74) is 1.06. The van der Waals surface area contributed by atoms with E-state index in [4.69, 9.17) is 5.11 Å². The third-order valence-corrected chi connectivity index (χ3v) is 3.23. The monoisotopic (exact) mass is 292 g/mol. The molecule has 1 unspecified atom stereocenters. The molecule has 116 valence electrons. The molecule has 0 aliphatic carbocycles. The number of urea groups is 1. The van der Waals surface area contributed by atoms with Crippen molar-refractivity contribution >= 4 is 12.0 Å². The quantitative estimate of drug-likeness (QED) is 0.612. The summed E-state index contributed by atoms with van der Waals surface area (Å²) in [6.07, 6.45) is 4.04. The highest BCUT2D eigenvalue weighted by Gasteiger charge is 2.19. The summed E-state index contributed by atoms with van der Waals surface area (Å²) in [5, 5.41) is 14.4. The second-order valence-corrected chi connectivity index (χ2v) is 5.02. The summed E-state index contributed by atoms with van der Waals surface area (Å²) in [5.74, 6) is -1.00. The second kappa shape index (κ2) is 9.80. The number of benzene rings is 1. The lowest BCUT2D eigenvalue weighted by Gasteiger charge is -2.15. The molecule has 21 heavy (non-hydrogen) atoms. The summed E-state index contributed by atoms with van der Waals surface area (Å²) in [6, 6.07) is 8.37. The topological polar surface area (TPSA) is 78.4 Å². The summed E-state index contributed by atoms with van der Waals surface area (Å²) in [6.45, 7) is 2.66. The molecular formula is C16H24N2O3. The van der Waals surface area contributed by atoms with Crippen molar-refractivity contribution in [2.24, 2.45) is 0 Å². The number of hydrogen-bond donors (Lipinski definition) is 3. The van der Waals surface area contributed by atoms with Gasteiger partial charge in [0.15, 0.2) is 0 Å². The highest BCUT2D eigenvalue weighted by atomic mass is 16.4. The molecule has 0 fully saturated rings. The molecule has 3 N–H and O–H groups in total. The van der Waals surface area contributed by atoms with Crippen molar-refractivity contribution in [3.8, 4) is 0 Å². The van der Waals surface area contributed by atoms with Crippen LogP contribution in [0, 0.1) is 0 Å². The van der Waals surface area contributed by atoms with E-state index >= 15 is 0 Å². The molecule has 1 aromatic rings. The molecule has 0 aromatic heterocycles. The fourth-order valence-corrected chi connectivity index (χ4v) is 2.00. The number of carbonyl (C=O) groups is 2. The molecular weight excluding hydrogens is 268 g/mol. The van der Waals surface area contributed by atoms with Crippen molar-refractivity contribution in [1.82, 2.24) is 10.6 Å². The molecule has 0 aliphatic rings. The normalized spacial score (nSPS) is 11.7. The van der Waals surface area contributed by atoms with Gasteiger partial charge in [0.05, 0.1) is 0 Å². The van der Waals surface area contributed by atoms with Gasteiger partial charge in [-0.25, -0.2) is 9.59 Å². The largest absolute Gasteiger partial charge is 0.480 e. The summed E-state index contributed by atoms with van der Waals surface area (Å²) >= 11 is 0. The molecule has 1 atom stereocenters. The second-order valence-electron chi connectivity index (χ2n) is 5.02. The van der Waals surface area contributed by atoms with Gasteiger partial charge in [0.1, 0.15) is 6.04 Å². The molecule has 0 aliphatic heterocycles. The average molecular weight is 292 g/mol. The highest BCUT2D eigenvalue weighted by molar-refractivity contribution is 5.82. The Morgan fingerprint density at radius 2 is 1.90 bits per heavy atom. The lowest BCUT2D eigenvalue weighted by atomic mass is 10.1. The number of carbonyl (C=O) groups excluding carboxylic acids is 1. The third-order valence-electron chi connectivity index (χ3n) is 3.23. The van der Waals surface area contributed by atoms with Crippen molar-refractivity contribution < 1.29 is 14.7 Å². The van der Waals surface area contributed by atoms with Gasteiger partial charge in [0.2, 0.25) is 0 Å². The van der Waals surface area contributed by atoms with Crippen LogP contribution in [0.1, 0.15) is 38.2 Å². The minimum Gasteiger partial charge on any atom is -0.480 e. The van der Waals surface area contributed by atoms with Gasteiger partial charge in [0.25, 0.3) is 0 Å². The minimum absolute atomic E-state index is 0.377. The first-order valence-electron chi connectivity index (χ1n) is 7.44. The van der Waals surface area contributed by atoms with Crippen LogP contribution >= 0.6 is 0 Å². The first-order chi connectivity index (χ1) is 10.1. The zero-order valence-electron chi connectivity index (χ0n) is 12.5. The minimum atomic E-state index is -1.00. The van der Waals surface area contributed by atoms with Crippen molar-refractivity contribution in [2.75, 3.05) is 6.54 Å². The Balaban J connectivity index is 2.35. The summed E-state index contributed by atoms with van der Waals surface area (Å²) in [4.78, 5) is 22.8. The van der Waals surface area contributed by atoms with Crippen LogP contribution in [0.2, 0.25) is 0 Å². The van der Waals surface area contributed by atoms with Gasteiger partial charge in [-0.2, -0.15) is 0 Å². The van der Waals surface area contributed by atoms with Crippen LogP contribution in [0.4, 0.5) is 4.79 Å². The molecule has 0 saturated carbocycles. The maximum absolute atomic E-state index is 11.6. The number of aryl methyl sites for hydroxylation is 1. The molecule has 5 heteroatoms. The Hall–Kier alpha value is -2.04. The van der Waals surface area contributed by atoms with Gasteiger partial charge in [-0.15, -0.1) is 0 Å². The van der Waals surface area contributed by atoms with Gasteiger partial charge < -0.3 is 15.7 Å². The zero-order valence-corrected chi connectivity index (χ0v) is 12.5. The number of rotatable bonds is 9. The highest BCUT2D eigenvalue weighted by Crippen LogP contribution is 2.05. The Kier molecular flexibility index (Phi) is 7.94. The van der Waals surface area contributed by atoms with Crippen molar-refractivity contribution in [2.45, 2.75) is 45.1 Å². The van der Waals surface area contributed by atoms with Gasteiger partial charge in [0, 0.05) is 6.54 Å². The number of carboxylic acids is 1. The van der Waals surface area contributed by atoms with E-state index < -0.39 is 18.0 Å². The summed E-state index contributed by atoms with van der Waals surface area (Å²) < 4.78 is 0. The van der Waals surface area contributed by atoms with Gasteiger partial charge in [-0.05, 0) is 24.8 Å². The van der Waals surface area contributed by atoms with Crippen molar-refractivity contribution in [3.63, 3.8) is 0 Å². The molecule has 1 aromatic carbocycles. The fraction of sp³-hybridized carbons (Fsp3) is 0.500. The zero-order chi connectivity index (χ0) is 15.5. The van der Waals surface area contributed by atoms with E-state index in [0.717, 1.165) is 24.8 Å². The molecule has 0 spiro atoms. The number of hydrogen-bond acceptors (Lipinski definition) is 2. The molecule has 0 saturated heterocycles. The van der Waals surface area contributed by atoms with E-state index in [1.807, 2.05) is 30.3 Å². The van der Waals surface area contributed by atoms with Crippen molar-refractivity contribution in [3.05, 3.63) is 35.9 Å². The van der Waals surface area contributed by atoms with Crippen LogP contribution in [0.5, 0.6) is 0 Å². The lowest BCUT2D eigenvalue weighted by molar-refractivity contribution is -0.139. The van der Waals surface area contributed by atoms with Gasteiger partial charge >= 0.3 is 12.0 Å². The number of nitrogens with one attached hydrogen (secondary N) is 2. The SMILES string of the molecule is CCCCCNC(=O)NC(CCc1ccccc1)C(=O)O. The molecule has 0 heterocycles. The Labute approximate surface area is 125 Å². The average Bonchev–Trinajstić information content (AvgIpc) is 2.48. The third kappa shape index (κ3) is 7.34. The van der Waals surface area contributed by atoms with E-state index in [0.29, 0.717) is 19.4 Å². The van der Waals surface area contributed by atoms with Crippen LogP contribution in [0.15, 0.2) is 30.3 Å². The van der Waals surface area contributed by atoms with Crippen LogP contribution < -0.4 is 10.6 Å². The Bertz CT molecular complexity index is 434. The number of unbranched alkanes of at least 4 members (excludes halogenated alkanes) is 2. The predicted molar refractivity (Wildman–Crippen MR) is 82.2 cm³/mol. The Morgan fingerprint density at radius 1 is 1.19 bits per heavy atom. The first-order valence-corrected chi connectivity index (χ1v) is 7.44. The van der Waals surface area contributed by atoms with E-state index in [2.05, 4.69) is 17.6 Å². The molecule has 0 bridgehead atoms. The van der Waals surface area contributed by atoms with Crippen LogP contribution in [0.3, 0.4) is 0 Å².